The first-order chi connectivity index (χ1) is 15.2. The highest BCUT2D eigenvalue weighted by atomic mass is 16.5. The second-order valence-electron chi connectivity index (χ2n) is 9.23. The van der Waals surface area contributed by atoms with Crippen LogP contribution in [0.4, 0.5) is 0 Å². The van der Waals surface area contributed by atoms with Crippen molar-refractivity contribution in [3.05, 3.63) is 83.1 Å². The molecule has 31 heavy (non-hydrogen) atoms. The van der Waals surface area contributed by atoms with Gasteiger partial charge >= 0.3 is 5.97 Å². The van der Waals surface area contributed by atoms with Crippen LogP contribution in [-0.4, -0.2) is 18.3 Å². The lowest BCUT2D eigenvalue weighted by atomic mass is 9.83. The lowest BCUT2D eigenvalue weighted by molar-refractivity contribution is -0.139. The Labute approximate surface area is 183 Å². The molecule has 0 radical (unpaired) electrons. The molecule has 0 amide bonds. The molecule has 3 atom stereocenters. The van der Waals surface area contributed by atoms with Gasteiger partial charge in [-0.05, 0) is 66.4 Å². The zero-order chi connectivity index (χ0) is 20.9. The fourth-order valence-corrected chi connectivity index (χ4v) is 5.19. The molecule has 0 bridgehead atoms. The lowest BCUT2D eigenvalue weighted by Crippen LogP contribution is -2.24. The summed E-state index contributed by atoms with van der Waals surface area (Å²) in [6, 6.07) is 15.0. The number of rotatable bonds is 6. The van der Waals surface area contributed by atoms with Crippen LogP contribution in [0.15, 0.2) is 82.5 Å². The number of carbonyl (C=O) groups excluding carboxylic acids is 1. The standard InChI is InChI=1S/C28H27NO2/c1-2-31-28(30)25-24(16-20-8-5-7-17-6-3-4-9-23(17)20)26(29-27(25)18-10-11-18)21-13-12-19-14-22(19)15-21/h3-9,12-13,15,18-19,22,24H,2,10-11,14,16H2,1H3. The van der Waals surface area contributed by atoms with Crippen molar-refractivity contribution in [1.82, 2.24) is 0 Å². The van der Waals surface area contributed by atoms with Crippen LogP contribution in [0.1, 0.15) is 31.7 Å². The zero-order valence-electron chi connectivity index (χ0n) is 17.9. The van der Waals surface area contributed by atoms with Crippen molar-refractivity contribution in [3.8, 4) is 0 Å². The molecule has 156 valence electrons. The average molecular weight is 410 g/mol. The molecule has 0 spiro atoms. The zero-order valence-corrected chi connectivity index (χ0v) is 17.9. The number of aliphatic imine (C=N–C) groups is 1. The van der Waals surface area contributed by atoms with E-state index in [0.29, 0.717) is 24.4 Å². The van der Waals surface area contributed by atoms with Gasteiger partial charge in [-0.2, -0.15) is 0 Å². The molecule has 4 aliphatic rings. The van der Waals surface area contributed by atoms with Gasteiger partial charge in [-0.15, -0.1) is 0 Å². The quantitative estimate of drug-likeness (QED) is 0.565. The summed E-state index contributed by atoms with van der Waals surface area (Å²) in [6.07, 6.45) is 11.2. The topological polar surface area (TPSA) is 38.7 Å². The molecule has 6 rings (SSSR count). The molecule has 3 heteroatoms. The smallest absolute Gasteiger partial charge is 0.336 e. The summed E-state index contributed by atoms with van der Waals surface area (Å²) in [5, 5.41) is 2.49. The SMILES string of the molecule is CCOC(=O)C1=C(C2CC2)N=C(C2=CC3CC3C=C2)C1Cc1cccc2ccccc12. The second-order valence-corrected chi connectivity index (χ2v) is 9.23. The van der Waals surface area contributed by atoms with E-state index < -0.39 is 0 Å². The second kappa shape index (κ2) is 7.33. The van der Waals surface area contributed by atoms with E-state index in [0.717, 1.165) is 36.2 Å². The van der Waals surface area contributed by atoms with E-state index in [2.05, 4.69) is 60.7 Å². The molecular weight excluding hydrogens is 382 g/mol. The molecule has 0 aromatic heterocycles. The number of hydrogen-bond acceptors (Lipinski definition) is 3. The van der Waals surface area contributed by atoms with Gasteiger partial charge in [-0.1, -0.05) is 60.7 Å². The van der Waals surface area contributed by atoms with Crippen molar-refractivity contribution >= 4 is 22.5 Å². The number of allylic oxidation sites excluding steroid dienone is 5. The van der Waals surface area contributed by atoms with Gasteiger partial charge in [0, 0.05) is 11.8 Å². The molecule has 2 saturated carbocycles. The van der Waals surface area contributed by atoms with Crippen LogP contribution in [-0.2, 0) is 16.0 Å². The summed E-state index contributed by atoms with van der Waals surface area (Å²) in [5.41, 5.74) is 5.34. The van der Waals surface area contributed by atoms with E-state index in [9.17, 15) is 4.79 Å². The van der Waals surface area contributed by atoms with Crippen LogP contribution in [0, 0.1) is 23.7 Å². The average Bonchev–Trinajstić information content (AvgIpc) is 3.71. The number of fused-ring (bicyclic) bond motifs is 2. The van der Waals surface area contributed by atoms with E-state index in [1.54, 1.807) is 0 Å². The number of benzene rings is 2. The van der Waals surface area contributed by atoms with Crippen LogP contribution in [0.2, 0.25) is 0 Å². The molecule has 3 aliphatic carbocycles. The number of esters is 1. The Morgan fingerprint density at radius 3 is 2.74 bits per heavy atom. The van der Waals surface area contributed by atoms with Crippen molar-refractivity contribution in [1.29, 1.82) is 0 Å². The largest absolute Gasteiger partial charge is 0.463 e. The number of ether oxygens (including phenoxy) is 1. The minimum Gasteiger partial charge on any atom is -0.463 e. The molecule has 2 fully saturated rings. The van der Waals surface area contributed by atoms with Crippen molar-refractivity contribution < 1.29 is 9.53 Å². The molecule has 3 nitrogen and oxygen atoms in total. The first kappa shape index (κ1) is 18.8. The summed E-state index contributed by atoms with van der Waals surface area (Å²) in [5.74, 6) is 1.54. The Balaban J connectivity index is 1.45. The molecule has 0 N–H and O–H groups in total. The van der Waals surface area contributed by atoms with Crippen LogP contribution in [0.25, 0.3) is 10.8 Å². The third-order valence-electron chi connectivity index (χ3n) is 7.06. The summed E-state index contributed by atoms with van der Waals surface area (Å²) in [4.78, 5) is 18.3. The molecule has 0 saturated heterocycles. The first-order valence-electron chi connectivity index (χ1n) is 11.6. The Morgan fingerprint density at radius 2 is 1.94 bits per heavy atom. The van der Waals surface area contributed by atoms with Crippen molar-refractivity contribution in [2.45, 2.75) is 32.6 Å². The predicted molar refractivity (Wildman–Crippen MR) is 124 cm³/mol. The van der Waals surface area contributed by atoms with Crippen LogP contribution in [0.5, 0.6) is 0 Å². The summed E-state index contributed by atoms with van der Waals surface area (Å²) < 4.78 is 5.55. The molecular formula is C28H27NO2. The third-order valence-corrected chi connectivity index (χ3v) is 7.06. The summed E-state index contributed by atoms with van der Waals surface area (Å²) in [6.45, 7) is 2.27. The highest BCUT2D eigenvalue weighted by Gasteiger charge is 2.43. The van der Waals surface area contributed by atoms with E-state index in [1.807, 2.05) is 6.92 Å². The van der Waals surface area contributed by atoms with Gasteiger partial charge in [0.1, 0.15) is 0 Å². The highest BCUT2D eigenvalue weighted by Crippen LogP contribution is 2.49. The molecule has 3 unspecified atom stereocenters. The Morgan fingerprint density at radius 1 is 1.10 bits per heavy atom. The van der Waals surface area contributed by atoms with E-state index in [4.69, 9.17) is 9.73 Å². The monoisotopic (exact) mass is 409 g/mol. The normalized spacial score (nSPS) is 26.5. The Hall–Kier alpha value is -2.94. The third kappa shape index (κ3) is 3.37. The maximum absolute atomic E-state index is 13.2. The first-order valence-corrected chi connectivity index (χ1v) is 11.6. The van der Waals surface area contributed by atoms with Crippen LogP contribution < -0.4 is 0 Å². The Kier molecular flexibility index (Phi) is 4.45. The fourth-order valence-electron chi connectivity index (χ4n) is 5.19. The van der Waals surface area contributed by atoms with Gasteiger partial charge in [0.15, 0.2) is 0 Å². The molecule has 2 aromatic rings. The summed E-state index contributed by atoms with van der Waals surface area (Å²) >= 11 is 0. The maximum Gasteiger partial charge on any atom is 0.336 e. The van der Waals surface area contributed by atoms with Gasteiger partial charge in [-0.25, -0.2) is 4.79 Å². The lowest BCUT2D eigenvalue weighted by Gasteiger charge is -2.20. The van der Waals surface area contributed by atoms with Crippen LogP contribution in [0.3, 0.4) is 0 Å². The van der Waals surface area contributed by atoms with Gasteiger partial charge in [-0.3, -0.25) is 4.99 Å². The molecule has 1 heterocycles. The number of carbonyl (C=O) groups is 1. The van der Waals surface area contributed by atoms with Gasteiger partial charge < -0.3 is 4.74 Å². The minimum atomic E-state index is -0.182. The summed E-state index contributed by atoms with van der Waals surface area (Å²) in [7, 11) is 0. The number of nitrogens with zero attached hydrogens (tertiary/aromatic N) is 1. The molecule has 1 aliphatic heterocycles. The van der Waals surface area contributed by atoms with Gasteiger partial charge in [0.2, 0.25) is 0 Å². The van der Waals surface area contributed by atoms with Crippen molar-refractivity contribution in [3.63, 3.8) is 0 Å². The maximum atomic E-state index is 13.2. The molecule has 2 aromatic carbocycles. The minimum absolute atomic E-state index is 0.0494. The van der Waals surface area contributed by atoms with E-state index in [-0.39, 0.29) is 11.9 Å². The van der Waals surface area contributed by atoms with Crippen LogP contribution >= 0.6 is 0 Å². The van der Waals surface area contributed by atoms with E-state index >= 15 is 0 Å². The van der Waals surface area contributed by atoms with Crippen molar-refractivity contribution in [2.24, 2.45) is 28.7 Å². The predicted octanol–water partition coefficient (Wildman–Crippen LogP) is 5.81. The van der Waals surface area contributed by atoms with Gasteiger partial charge in [0.05, 0.1) is 23.6 Å². The van der Waals surface area contributed by atoms with Crippen molar-refractivity contribution in [2.75, 3.05) is 6.61 Å². The number of hydrogen-bond donors (Lipinski definition) is 0. The van der Waals surface area contributed by atoms with Gasteiger partial charge in [0.25, 0.3) is 0 Å². The fraction of sp³-hybridized carbons (Fsp3) is 0.357. The highest BCUT2D eigenvalue weighted by molar-refractivity contribution is 6.13. The Bertz CT molecular complexity index is 1190. The van der Waals surface area contributed by atoms with E-state index in [1.165, 1.54) is 28.3 Å².